The Morgan fingerprint density at radius 3 is 2.55 bits per heavy atom. The minimum atomic E-state index is 0.121. The third-order valence-electron chi connectivity index (χ3n) is 3.32. The van der Waals surface area contributed by atoms with E-state index >= 15 is 0 Å². The molecular formula is C16H23N3O. The molecule has 4 nitrogen and oxygen atoms in total. The van der Waals surface area contributed by atoms with Crippen LogP contribution in [-0.2, 0) is 6.42 Å². The topological polar surface area (TPSA) is 65.8 Å². The molecule has 4 heteroatoms. The van der Waals surface area contributed by atoms with Crippen LogP contribution < -0.4 is 0 Å². The SMILES string of the molecule is CCCCCCc1ccc(C(=O)CCCN=[N+]=[N-])cc1. The number of unbranched alkanes of at least 4 members (excludes halogenated alkanes) is 3. The molecule has 0 heterocycles. The zero-order chi connectivity index (χ0) is 14.6. The highest BCUT2D eigenvalue weighted by Gasteiger charge is 2.05. The second-order valence-electron chi connectivity index (χ2n) is 4.99. The highest BCUT2D eigenvalue weighted by Crippen LogP contribution is 2.11. The zero-order valence-corrected chi connectivity index (χ0v) is 12.2. The second kappa shape index (κ2) is 10.0. The van der Waals surface area contributed by atoms with Crippen LogP contribution in [0.1, 0.15) is 61.4 Å². The molecule has 0 aromatic heterocycles. The first kappa shape index (κ1) is 16.3. The summed E-state index contributed by atoms with van der Waals surface area (Å²) in [6.07, 6.45) is 7.18. The van der Waals surface area contributed by atoms with Crippen molar-refractivity contribution in [1.29, 1.82) is 0 Å². The summed E-state index contributed by atoms with van der Waals surface area (Å²) in [6, 6.07) is 7.91. The summed E-state index contributed by atoms with van der Waals surface area (Å²) in [5.41, 5.74) is 10.2. The van der Waals surface area contributed by atoms with Gasteiger partial charge in [0.25, 0.3) is 0 Å². The van der Waals surface area contributed by atoms with Crippen LogP contribution in [0.25, 0.3) is 10.4 Å². The van der Waals surface area contributed by atoms with E-state index in [1.807, 2.05) is 24.3 Å². The predicted molar refractivity (Wildman–Crippen MR) is 81.9 cm³/mol. The third kappa shape index (κ3) is 6.39. The number of hydrogen-bond donors (Lipinski definition) is 0. The molecular weight excluding hydrogens is 250 g/mol. The van der Waals surface area contributed by atoms with Gasteiger partial charge in [0.05, 0.1) is 0 Å². The van der Waals surface area contributed by atoms with Gasteiger partial charge in [-0.1, -0.05) is 55.6 Å². The number of azide groups is 1. The van der Waals surface area contributed by atoms with E-state index in [4.69, 9.17) is 5.53 Å². The lowest BCUT2D eigenvalue weighted by Crippen LogP contribution is -2.00. The molecule has 0 aliphatic heterocycles. The van der Waals surface area contributed by atoms with E-state index < -0.39 is 0 Å². The molecule has 108 valence electrons. The molecule has 0 saturated carbocycles. The molecule has 1 rings (SSSR count). The summed E-state index contributed by atoms with van der Waals surface area (Å²) in [5, 5.41) is 3.43. The van der Waals surface area contributed by atoms with Gasteiger partial charge in [0.1, 0.15) is 0 Å². The van der Waals surface area contributed by atoms with Crippen molar-refractivity contribution in [3.8, 4) is 0 Å². The number of Topliss-reactive ketones (excluding diaryl/α,β-unsaturated/α-hetero) is 1. The Labute approximate surface area is 120 Å². The lowest BCUT2D eigenvalue weighted by molar-refractivity contribution is 0.0981. The highest BCUT2D eigenvalue weighted by atomic mass is 16.1. The first-order chi connectivity index (χ1) is 9.77. The van der Waals surface area contributed by atoms with Crippen LogP contribution in [0.3, 0.4) is 0 Å². The molecule has 0 aliphatic rings. The predicted octanol–water partition coefficient (Wildman–Crippen LogP) is 5.08. The molecule has 0 aliphatic carbocycles. The number of carbonyl (C=O) groups excluding carboxylic acids is 1. The fourth-order valence-electron chi connectivity index (χ4n) is 2.11. The van der Waals surface area contributed by atoms with Crippen molar-refractivity contribution in [3.05, 3.63) is 45.8 Å². The summed E-state index contributed by atoms with van der Waals surface area (Å²) >= 11 is 0. The van der Waals surface area contributed by atoms with E-state index in [2.05, 4.69) is 16.9 Å². The van der Waals surface area contributed by atoms with Gasteiger partial charge in [-0.05, 0) is 30.4 Å². The van der Waals surface area contributed by atoms with Gasteiger partial charge in [-0.2, -0.15) is 0 Å². The van der Waals surface area contributed by atoms with Crippen molar-refractivity contribution in [2.45, 2.75) is 51.9 Å². The number of carbonyl (C=O) groups is 1. The second-order valence-corrected chi connectivity index (χ2v) is 4.99. The van der Waals surface area contributed by atoms with Crippen LogP contribution in [-0.4, -0.2) is 12.3 Å². The van der Waals surface area contributed by atoms with E-state index in [1.54, 1.807) is 0 Å². The average Bonchev–Trinajstić information content (AvgIpc) is 2.48. The normalized spacial score (nSPS) is 10.1. The first-order valence-electron chi connectivity index (χ1n) is 7.41. The monoisotopic (exact) mass is 273 g/mol. The molecule has 1 aromatic carbocycles. The van der Waals surface area contributed by atoms with Gasteiger partial charge in [-0.25, -0.2) is 0 Å². The minimum Gasteiger partial charge on any atom is -0.294 e. The maximum absolute atomic E-state index is 11.9. The van der Waals surface area contributed by atoms with Gasteiger partial charge >= 0.3 is 0 Å². The van der Waals surface area contributed by atoms with Crippen molar-refractivity contribution < 1.29 is 4.79 Å². The first-order valence-corrected chi connectivity index (χ1v) is 7.41. The molecule has 0 radical (unpaired) electrons. The summed E-state index contributed by atoms with van der Waals surface area (Å²) in [5.74, 6) is 0.121. The molecule has 0 amide bonds. The third-order valence-corrected chi connectivity index (χ3v) is 3.32. The summed E-state index contributed by atoms with van der Waals surface area (Å²) in [4.78, 5) is 14.6. The van der Waals surface area contributed by atoms with Gasteiger partial charge < -0.3 is 0 Å². The zero-order valence-electron chi connectivity index (χ0n) is 12.2. The highest BCUT2D eigenvalue weighted by molar-refractivity contribution is 5.96. The average molecular weight is 273 g/mol. The fourth-order valence-corrected chi connectivity index (χ4v) is 2.11. The van der Waals surface area contributed by atoms with E-state index in [-0.39, 0.29) is 5.78 Å². The van der Waals surface area contributed by atoms with Crippen molar-refractivity contribution in [1.82, 2.24) is 0 Å². The number of nitrogens with zero attached hydrogens (tertiary/aromatic N) is 3. The Kier molecular flexibility index (Phi) is 8.16. The molecule has 20 heavy (non-hydrogen) atoms. The Morgan fingerprint density at radius 1 is 1.15 bits per heavy atom. The van der Waals surface area contributed by atoms with Gasteiger partial charge in [-0.15, -0.1) is 0 Å². The van der Waals surface area contributed by atoms with Crippen molar-refractivity contribution in [3.63, 3.8) is 0 Å². The Morgan fingerprint density at radius 2 is 1.90 bits per heavy atom. The van der Waals surface area contributed by atoms with Crippen LogP contribution in [0.2, 0.25) is 0 Å². The summed E-state index contributed by atoms with van der Waals surface area (Å²) < 4.78 is 0. The maximum atomic E-state index is 11.9. The van der Waals surface area contributed by atoms with Gasteiger partial charge in [0.15, 0.2) is 5.78 Å². The summed E-state index contributed by atoms with van der Waals surface area (Å²) in [7, 11) is 0. The van der Waals surface area contributed by atoms with Gasteiger partial charge in [0.2, 0.25) is 0 Å². The Balaban J connectivity index is 2.37. The maximum Gasteiger partial charge on any atom is 0.162 e. The van der Waals surface area contributed by atoms with Crippen LogP contribution in [0.4, 0.5) is 0 Å². The Bertz CT molecular complexity index is 447. The number of benzene rings is 1. The fraction of sp³-hybridized carbons (Fsp3) is 0.562. The number of hydrogen-bond acceptors (Lipinski definition) is 2. The van der Waals surface area contributed by atoms with E-state index in [0.29, 0.717) is 19.4 Å². The van der Waals surface area contributed by atoms with Crippen molar-refractivity contribution >= 4 is 5.78 Å². The number of ketones is 1. The van der Waals surface area contributed by atoms with Crippen LogP contribution in [0, 0.1) is 0 Å². The van der Waals surface area contributed by atoms with Crippen LogP contribution in [0.5, 0.6) is 0 Å². The molecule has 0 atom stereocenters. The molecule has 0 unspecified atom stereocenters. The van der Waals surface area contributed by atoms with Crippen molar-refractivity contribution in [2.75, 3.05) is 6.54 Å². The van der Waals surface area contributed by atoms with Gasteiger partial charge in [-0.3, -0.25) is 4.79 Å². The quantitative estimate of drug-likeness (QED) is 0.193. The molecule has 0 bridgehead atoms. The minimum absolute atomic E-state index is 0.121. The molecule has 0 N–H and O–H groups in total. The molecule has 0 fully saturated rings. The number of rotatable bonds is 10. The van der Waals surface area contributed by atoms with Gasteiger partial charge in [0, 0.05) is 23.4 Å². The van der Waals surface area contributed by atoms with Crippen molar-refractivity contribution in [2.24, 2.45) is 5.11 Å². The van der Waals surface area contributed by atoms with Crippen LogP contribution in [0.15, 0.2) is 29.4 Å². The molecule has 1 aromatic rings. The lowest BCUT2D eigenvalue weighted by Gasteiger charge is -2.04. The van der Waals surface area contributed by atoms with E-state index in [0.717, 1.165) is 12.0 Å². The smallest absolute Gasteiger partial charge is 0.162 e. The largest absolute Gasteiger partial charge is 0.294 e. The molecule has 0 spiro atoms. The molecule has 0 saturated heterocycles. The lowest BCUT2D eigenvalue weighted by atomic mass is 10.0. The standard InChI is InChI=1S/C16H23N3O/c1-2-3-4-5-7-14-9-11-15(12-10-14)16(20)8-6-13-18-19-17/h9-12H,2-8,13H2,1H3. The Hall–Kier alpha value is -1.80. The van der Waals surface area contributed by atoms with E-state index in [9.17, 15) is 4.79 Å². The van der Waals surface area contributed by atoms with E-state index in [1.165, 1.54) is 31.2 Å². The van der Waals surface area contributed by atoms with Crippen LogP contribution >= 0.6 is 0 Å². The summed E-state index contributed by atoms with van der Waals surface area (Å²) in [6.45, 7) is 2.60. The number of aryl methyl sites for hydroxylation is 1.